The van der Waals surface area contributed by atoms with Crippen LogP contribution in [0.4, 0.5) is 10.5 Å². The second kappa shape index (κ2) is 5.23. The first-order valence-electron chi connectivity index (χ1n) is 5.82. The summed E-state index contributed by atoms with van der Waals surface area (Å²) in [7, 11) is 1.55. The van der Waals surface area contributed by atoms with Crippen molar-refractivity contribution in [3.05, 3.63) is 24.5 Å². The topological polar surface area (TPSA) is 91.8 Å². The largest absolute Gasteiger partial charge is 0.479 e. The van der Waals surface area contributed by atoms with Crippen LogP contribution < -0.4 is 10.2 Å². The predicted octanol–water partition coefficient (Wildman–Crippen LogP) is 0.471. The summed E-state index contributed by atoms with van der Waals surface area (Å²) in [5, 5.41) is 11.8. The zero-order chi connectivity index (χ0) is 13.9. The fourth-order valence-electron chi connectivity index (χ4n) is 1.84. The van der Waals surface area contributed by atoms with Crippen molar-refractivity contribution in [2.45, 2.75) is 12.0 Å². The second-order valence-corrected chi connectivity index (χ2v) is 4.39. The van der Waals surface area contributed by atoms with E-state index in [2.05, 4.69) is 10.3 Å². The van der Waals surface area contributed by atoms with Crippen LogP contribution in [0.25, 0.3) is 0 Å². The van der Waals surface area contributed by atoms with Gasteiger partial charge in [-0.15, -0.1) is 0 Å². The van der Waals surface area contributed by atoms with E-state index in [1.54, 1.807) is 25.4 Å². The number of ether oxygens (including phenoxy) is 1. The van der Waals surface area contributed by atoms with Crippen LogP contribution in [-0.4, -0.2) is 47.9 Å². The van der Waals surface area contributed by atoms with Crippen LogP contribution in [0.1, 0.15) is 6.42 Å². The maximum atomic E-state index is 12.1. The van der Waals surface area contributed by atoms with Crippen molar-refractivity contribution in [1.82, 2.24) is 10.3 Å². The molecule has 2 heterocycles. The summed E-state index contributed by atoms with van der Waals surface area (Å²) in [6.45, 7) is 0.304. The molecule has 1 aromatic rings. The van der Waals surface area contributed by atoms with Gasteiger partial charge in [0.05, 0.1) is 18.5 Å². The van der Waals surface area contributed by atoms with Gasteiger partial charge in [0.1, 0.15) is 0 Å². The number of carbonyl (C=O) groups is 2. The Bertz CT molecular complexity index is 471. The fraction of sp³-hybridized carbons (Fsp3) is 0.417. The van der Waals surface area contributed by atoms with Gasteiger partial charge in [-0.2, -0.15) is 0 Å². The average molecular weight is 265 g/mol. The Labute approximate surface area is 110 Å². The molecule has 2 N–H and O–H groups in total. The number of hydrogen-bond donors (Lipinski definition) is 2. The Hall–Kier alpha value is -2.15. The summed E-state index contributed by atoms with van der Waals surface area (Å²) in [6, 6.07) is 2.91. The highest BCUT2D eigenvalue weighted by molar-refractivity contribution is 5.95. The van der Waals surface area contributed by atoms with Gasteiger partial charge in [0.15, 0.2) is 5.54 Å². The van der Waals surface area contributed by atoms with E-state index in [-0.39, 0.29) is 13.0 Å². The highest BCUT2D eigenvalue weighted by Gasteiger charge is 2.44. The third-order valence-corrected chi connectivity index (χ3v) is 3.12. The van der Waals surface area contributed by atoms with Crippen molar-refractivity contribution < 1.29 is 19.4 Å². The molecule has 1 atom stereocenters. The average Bonchev–Trinajstić information content (AvgIpc) is 2.88. The smallest absolute Gasteiger partial charge is 0.332 e. The van der Waals surface area contributed by atoms with Crippen molar-refractivity contribution in [3.8, 4) is 0 Å². The lowest BCUT2D eigenvalue weighted by Crippen LogP contribution is -2.58. The minimum Gasteiger partial charge on any atom is -0.479 e. The summed E-state index contributed by atoms with van der Waals surface area (Å²) in [5.74, 6) is -1.09. The normalized spacial score (nSPS) is 21.9. The first-order chi connectivity index (χ1) is 9.05. The Morgan fingerprint density at radius 3 is 2.89 bits per heavy atom. The number of aliphatic carboxylic acids is 1. The molecule has 1 aliphatic rings. The molecule has 2 rings (SSSR count). The van der Waals surface area contributed by atoms with Gasteiger partial charge in [-0.25, -0.2) is 9.59 Å². The van der Waals surface area contributed by atoms with E-state index in [1.807, 2.05) is 0 Å². The molecule has 0 saturated carbocycles. The van der Waals surface area contributed by atoms with Gasteiger partial charge >= 0.3 is 12.0 Å². The zero-order valence-corrected chi connectivity index (χ0v) is 10.5. The summed E-state index contributed by atoms with van der Waals surface area (Å²) in [5.41, 5.74) is -0.757. The van der Waals surface area contributed by atoms with E-state index in [4.69, 9.17) is 4.74 Å². The van der Waals surface area contributed by atoms with Gasteiger partial charge in [0.25, 0.3) is 0 Å². The third kappa shape index (κ3) is 2.65. The van der Waals surface area contributed by atoms with Gasteiger partial charge in [-0.1, -0.05) is 0 Å². The molecule has 1 unspecified atom stereocenters. The molecule has 0 spiro atoms. The van der Waals surface area contributed by atoms with Crippen molar-refractivity contribution in [3.63, 3.8) is 0 Å². The summed E-state index contributed by atoms with van der Waals surface area (Å²) < 4.78 is 5.08. The number of urea groups is 1. The standard InChI is InChI=1S/C12H15N3O4/c1-15(9-3-2-5-13-7-9)11(18)14-12(10(16)17)4-6-19-8-12/h2-3,5,7H,4,6,8H2,1H3,(H,14,18)(H,16,17). The molecule has 1 fully saturated rings. The number of aromatic nitrogens is 1. The molecule has 0 aromatic carbocycles. The van der Waals surface area contributed by atoms with E-state index in [0.29, 0.717) is 12.3 Å². The molecular formula is C12H15N3O4. The van der Waals surface area contributed by atoms with E-state index in [9.17, 15) is 14.7 Å². The van der Waals surface area contributed by atoms with Gasteiger partial charge in [0, 0.05) is 26.3 Å². The van der Waals surface area contributed by atoms with E-state index in [1.165, 1.54) is 11.1 Å². The summed E-state index contributed by atoms with van der Waals surface area (Å²) >= 11 is 0. The minimum absolute atomic E-state index is 0.0189. The van der Waals surface area contributed by atoms with Crippen LogP contribution in [0.2, 0.25) is 0 Å². The number of nitrogens with zero attached hydrogens (tertiary/aromatic N) is 2. The monoisotopic (exact) mass is 265 g/mol. The number of hydrogen-bond acceptors (Lipinski definition) is 4. The fourth-order valence-corrected chi connectivity index (χ4v) is 1.84. The lowest BCUT2D eigenvalue weighted by molar-refractivity contribution is -0.144. The van der Waals surface area contributed by atoms with Gasteiger partial charge < -0.3 is 15.2 Å². The first-order valence-corrected chi connectivity index (χ1v) is 5.82. The van der Waals surface area contributed by atoms with Gasteiger partial charge in [0.2, 0.25) is 0 Å². The molecule has 102 valence electrons. The highest BCUT2D eigenvalue weighted by Crippen LogP contribution is 2.20. The van der Waals surface area contributed by atoms with Crippen molar-refractivity contribution >= 4 is 17.7 Å². The van der Waals surface area contributed by atoms with E-state index >= 15 is 0 Å². The van der Waals surface area contributed by atoms with Crippen LogP contribution in [0.3, 0.4) is 0 Å². The molecule has 0 aliphatic carbocycles. The second-order valence-electron chi connectivity index (χ2n) is 4.39. The lowest BCUT2D eigenvalue weighted by Gasteiger charge is -2.27. The molecule has 1 aliphatic heterocycles. The Kier molecular flexibility index (Phi) is 3.66. The van der Waals surface area contributed by atoms with Crippen LogP contribution in [0.5, 0.6) is 0 Å². The van der Waals surface area contributed by atoms with Crippen LogP contribution in [0, 0.1) is 0 Å². The Morgan fingerprint density at radius 1 is 1.58 bits per heavy atom. The number of carboxylic acids is 1. The number of pyridine rings is 1. The SMILES string of the molecule is CN(C(=O)NC1(C(=O)O)CCOC1)c1cccnc1. The predicted molar refractivity (Wildman–Crippen MR) is 67.0 cm³/mol. The molecule has 2 amide bonds. The molecule has 19 heavy (non-hydrogen) atoms. The van der Waals surface area contributed by atoms with E-state index < -0.39 is 17.5 Å². The molecule has 1 saturated heterocycles. The maximum Gasteiger partial charge on any atom is 0.332 e. The van der Waals surface area contributed by atoms with Crippen LogP contribution >= 0.6 is 0 Å². The zero-order valence-electron chi connectivity index (χ0n) is 10.5. The lowest BCUT2D eigenvalue weighted by atomic mass is 9.99. The van der Waals surface area contributed by atoms with Gasteiger partial charge in [-0.05, 0) is 12.1 Å². The van der Waals surface area contributed by atoms with Crippen molar-refractivity contribution in [1.29, 1.82) is 0 Å². The quantitative estimate of drug-likeness (QED) is 0.829. The van der Waals surface area contributed by atoms with Crippen molar-refractivity contribution in [2.24, 2.45) is 0 Å². The van der Waals surface area contributed by atoms with Gasteiger partial charge in [-0.3, -0.25) is 9.88 Å². The minimum atomic E-state index is -1.34. The van der Waals surface area contributed by atoms with E-state index in [0.717, 1.165) is 0 Å². The Balaban J connectivity index is 2.10. The number of rotatable bonds is 3. The molecule has 0 bridgehead atoms. The number of anilines is 1. The van der Waals surface area contributed by atoms with Crippen molar-refractivity contribution in [2.75, 3.05) is 25.2 Å². The molecular weight excluding hydrogens is 250 g/mol. The van der Waals surface area contributed by atoms with Crippen LogP contribution in [-0.2, 0) is 9.53 Å². The Morgan fingerprint density at radius 2 is 2.37 bits per heavy atom. The van der Waals surface area contributed by atoms with Crippen LogP contribution in [0.15, 0.2) is 24.5 Å². The number of nitrogens with one attached hydrogen (secondary N) is 1. The molecule has 0 radical (unpaired) electrons. The number of carboxylic acid groups (broad SMARTS) is 1. The number of carbonyl (C=O) groups excluding carboxylic acids is 1. The summed E-state index contributed by atoms with van der Waals surface area (Å²) in [4.78, 5) is 28.6. The first kappa shape index (κ1) is 13.3. The third-order valence-electron chi connectivity index (χ3n) is 3.12. The highest BCUT2D eigenvalue weighted by atomic mass is 16.5. The molecule has 1 aromatic heterocycles. The molecule has 7 heteroatoms. The summed E-state index contributed by atoms with van der Waals surface area (Å²) in [6.07, 6.45) is 3.38. The molecule has 7 nitrogen and oxygen atoms in total. The maximum absolute atomic E-state index is 12.1. The number of amides is 2.